The van der Waals surface area contributed by atoms with E-state index in [1.807, 2.05) is 53.0 Å². The molecule has 3 aromatic carbocycles. The first-order valence-electron chi connectivity index (χ1n) is 30.1. The number of phenolic OH excluding ortho intramolecular Hbond substituents is 1. The van der Waals surface area contributed by atoms with Gasteiger partial charge in [0, 0.05) is 99.8 Å². The van der Waals surface area contributed by atoms with Crippen molar-refractivity contribution in [3.8, 4) is 35.4 Å². The number of phenols is 1. The van der Waals surface area contributed by atoms with Gasteiger partial charge < -0.3 is 45.2 Å². The van der Waals surface area contributed by atoms with Gasteiger partial charge in [0.1, 0.15) is 53.9 Å². The van der Waals surface area contributed by atoms with Crippen LogP contribution in [0.25, 0.3) is 38.5 Å². The molecule has 5 saturated heterocycles. The number of ether oxygens (including phenoxy) is 2. The summed E-state index contributed by atoms with van der Waals surface area (Å²) in [7, 11) is 1.66. The average Bonchev–Trinajstić information content (AvgIpc) is 1.29. The van der Waals surface area contributed by atoms with Crippen LogP contribution < -0.4 is 25.6 Å². The number of nitrogens with zero attached hydrogens (tertiary/aromatic N) is 8. The van der Waals surface area contributed by atoms with Crippen LogP contribution in [-0.2, 0) is 19.1 Å². The number of pyridine rings is 1. The number of nitrogens with one attached hydrogen (secondary N) is 3. The molecule has 6 aliphatic rings. The molecular weight excluding hydrogens is 1100 g/mol. The maximum atomic E-state index is 17.3. The lowest BCUT2D eigenvalue weighted by molar-refractivity contribution is -0.144. The number of benzene rings is 3. The van der Waals surface area contributed by atoms with Crippen molar-refractivity contribution in [3.05, 3.63) is 101 Å². The Hall–Kier alpha value is -8.02. The van der Waals surface area contributed by atoms with Gasteiger partial charge in [-0.2, -0.15) is 9.97 Å². The van der Waals surface area contributed by atoms with Crippen LogP contribution in [0, 0.1) is 29.4 Å². The van der Waals surface area contributed by atoms with E-state index in [0.717, 1.165) is 41.7 Å². The summed E-state index contributed by atoms with van der Waals surface area (Å²) in [6, 6.07) is 12.1. The third kappa shape index (κ3) is 12.1. The van der Waals surface area contributed by atoms with E-state index < -0.39 is 40.8 Å². The summed E-state index contributed by atoms with van der Waals surface area (Å²) >= 11 is 0. The highest BCUT2D eigenvalue weighted by Crippen LogP contribution is 2.45. The molecule has 4 N–H and O–H groups in total. The summed E-state index contributed by atoms with van der Waals surface area (Å²) < 4.78 is 45.0. The molecule has 6 aliphatic heterocycles. The number of piperazine rings is 1. The number of likely N-dealkylation sites (tertiary alicyclic amines) is 1. The molecule has 11 rings (SSSR count). The number of aliphatic imine (C=N–C) groups is 1. The van der Waals surface area contributed by atoms with Crippen LogP contribution in [0.5, 0.6) is 11.8 Å². The van der Waals surface area contributed by atoms with Gasteiger partial charge in [-0.15, -0.1) is 6.42 Å². The Labute approximate surface area is 500 Å². The van der Waals surface area contributed by atoms with Gasteiger partial charge in [-0.3, -0.25) is 29.3 Å². The van der Waals surface area contributed by atoms with E-state index in [0.29, 0.717) is 94.3 Å². The first kappa shape index (κ1) is 59.7. The first-order chi connectivity index (χ1) is 41.2. The van der Waals surface area contributed by atoms with Gasteiger partial charge >= 0.3 is 12.1 Å². The van der Waals surface area contributed by atoms with Crippen LogP contribution >= 0.6 is 0 Å². The quantitative estimate of drug-likeness (QED) is 0.0367. The van der Waals surface area contributed by atoms with Gasteiger partial charge in [-0.05, 0) is 117 Å². The molecular formula is C66H77F2N11O7. The number of carbonyl (C=O) groups excluding carboxylic acids is 4. The summed E-state index contributed by atoms with van der Waals surface area (Å²) in [5, 5.41) is 21.6. The highest BCUT2D eigenvalue weighted by molar-refractivity contribution is 6.03. The number of allylic oxidation sites excluding steroid dienone is 2. The lowest BCUT2D eigenvalue weighted by Gasteiger charge is -2.35. The van der Waals surface area contributed by atoms with E-state index >= 15 is 8.78 Å². The number of amides is 4. The fraction of sp³-hybridized carbons (Fsp3) is 0.485. The Morgan fingerprint density at radius 1 is 1.02 bits per heavy atom. The van der Waals surface area contributed by atoms with Gasteiger partial charge in [0.2, 0.25) is 17.7 Å². The fourth-order valence-electron chi connectivity index (χ4n) is 13.7. The standard InChI is InChI=1S/C66H77F2N11O7/c1-9-48-52(67)22-19-43-29-47(80)30-50(55(43)48)57-56(68)58-51(32-70-57)60(77-34-44-20-21-45(35-77)72-44)75-63(74-58)86-37-66-25-23-46(79(66)33-38(2)31-66)36-85-64(84)76(8)27-11-10-14-54(81)73-59(65(5,6)7)62(83)78-28-12-13-53(78)61(82)71-39(3)41-15-17-42(18-16-41)49-24-26-69-40(49)4/h1,15-19,22,26,29-30,32,39,44-46,53,59,72,80H,2,10-14,20-21,23-25,27-28,31,33-37H2,3-8H3,(H,71,82)(H,73,81)/t39-,44?,45?,46-,53-,59+,66?/m0/s1. The van der Waals surface area contributed by atoms with Gasteiger partial charge in [0.25, 0.3) is 0 Å². The van der Waals surface area contributed by atoms with Crippen molar-refractivity contribution in [1.29, 1.82) is 0 Å². The normalized spacial score (nSPS) is 22.6. The van der Waals surface area contributed by atoms with Crippen LogP contribution in [0.1, 0.15) is 128 Å². The average molecular weight is 1170 g/mol. The van der Waals surface area contributed by atoms with E-state index in [1.54, 1.807) is 11.9 Å². The number of hydrogen-bond donors (Lipinski definition) is 4. The summed E-state index contributed by atoms with van der Waals surface area (Å²) in [4.78, 5) is 81.2. The minimum Gasteiger partial charge on any atom is -0.508 e. The minimum atomic E-state index is -0.857. The van der Waals surface area contributed by atoms with Gasteiger partial charge in [0.05, 0.1) is 22.5 Å². The number of fused-ring (bicyclic) bond motifs is 5. The second-order valence-corrected chi connectivity index (χ2v) is 25.4. The smallest absolute Gasteiger partial charge is 0.409 e. The summed E-state index contributed by atoms with van der Waals surface area (Å²) in [5.74, 6) is 0.442. The molecule has 5 aromatic rings. The van der Waals surface area contributed by atoms with Crippen molar-refractivity contribution < 1.29 is 42.5 Å². The minimum absolute atomic E-state index is 0.0293. The largest absolute Gasteiger partial charge is 0.508 e. The van der Waals surface area contributed by atoms with Crippen molar-refractivity contribution in [3.63, 3.8) is 0 Å². The molecule has 452 valence electrons. The highest BCUT2D eigenvalue weighted by Gasteiger charge is 2.52. The van der Waals surface area contributed by atoms with Crippen LogP contribution in [0.2, 0.25) is 0 Å². The molecule has 8 heterocycles. The number of aromatic hydroxyl groups is 1. The van der Waals surface area contributed by atoms with Crippen LogP contribution in [-0.4, -0.2) is 154 Å². The second-order valence-electron chi connectivity index (χ2n) is 25.4. The summed E-state index contributed by atoms with van der Waals surface area (Å²) in [6.45, 7) is 16.8. The van der Waals surface area contributed by atoms with E-state index in [4.69, 9.17) is 25.9 Å². The number of terminal acetylenes is 1. The SMILES string of the molecule is C#Cc1c(F)ccc2cc(O)cc(-c3ncc4c(N5CC6CCC(C5)N6)nc(OCC56CC[C@@H](COC(=O)N(C)CCCCC(=O)N[C@H](C(=O)N7CCC[C@H]7C(=O)N[C@@H](C)c7ccc(C8=C(C)N=CC8)cc7)C(C)(C)C)N5CC(=C)C6)nc4c3F)c12. The predicted molar refractivity (Wildman–Crippen MR) is 326 cm³/mol. The van der Waals surface area contributed by atoms with Crippen LogP contribution in [0.15, 0.2) is 77.6 Å². The van der Waals surface area contributed by atoms with Crippen molar-refractivity contribution in [2.45, 2.75) is 147 Å². The molecule has 3 unspecified atom stereocenters. The fourth-order valence-corrected chi connectivity index (χ4v) is 13.7. The van der Waals surface area contributed by atoms with Crippen molar-refractivity contribution in [2.24, 2.45) is 10.4 Å². The third-order valence-electron chi connectivity index (χ3n) is 18.3. The highest BCUT2D eigenvalue weighted by atomic mass is 19.1. The molecule has 18 nitrogen and oxygen atoms in total. The van der Waals surface area contributed by atoms with Gasteiger partial charge in [0.15, 0.2) is 5.82 Å². The molecule has 7 atom stereocenters. The van der Waals surface area contributed by atoms with Crippen molar-refractivity contribution >= 4 is 63.1 Å². The zero-order valence-electron chi connectivity index (χ0n) is 50.0. The number of unbranched alkanes of at least 4 members (excludes halogenated alkanes) is 1. The van der Waals surface area contributed by atoms with Crippen molar-refractivity contribution in [2.75, 3.05) is 57.9 Å². The topological polar surface area (TPSA) is 207 Å². The Morgan fingerprint density at radius 2 is 1.79 bits per heavy atom. The van der Waals surface area contributed by atoms with Gasteiger partial charge in [-0.1, -0.05) is 69.2 Å². The second kappa shape index (κ2) is 24.4. The Kier molecular flexibility index (Phi) is 16.9. The Morgan fingerprint density at radius 3 is 2.51 bits per heavy atom. The molecule has 2 bridgehead atoms. The monoisotopic (exact) mass is 1170 g/mol. The number of halogens is 2. The predicted octanol–water partition coefficient (Wildman–Crippen LogP) is 9.14. The molecule has 0 radical (unpaired) electrons. The van der Waals surface area contributed by atoms with Crippen molar-refractivity contribution in [1.82, 2.24) is 45.6 Å². The summed E-state index contributed by atoms with van der Waals surface area (Å²) in [5.41, 5.74) is 3.91. The molecule has 0 saturated carbocycles. The van der Waals surface area contributed by atoms with Gasteiger partial charge in [-0.25, -0.2) is 13.6 Å². The Balaban J connectivity index is 0.686. The number of anilines is 1. The number of aromatic nitrogens is 3. The molecule has 0 aliphatic carbocycles. The number of rotatable bonds is 18. The molecule has 0 spiro atoms. The lowest BCUT2D eigenvalue weighted by Crippen LogP contribution is -2.57. The third-order valence-corrected chi connectivity index (χ3v) is 18.3. The van der Waals surface area contributed by atoms with E-state index in [2.05, 4.69) is 60.4 Å². The van der Waals surface area contributed by atoms with E-state index in [9.17, 15) is 24.3 Å². The zero-order valence-corrected chi connectivity index (χ0v) is 50.0. The van der Waals surface area contributed by atoms with E-state index in [-0.39, 0.29) is 101 Å². The zero-order chi connectivity index (χ0) is 60.8. The molecule has 20 heteroatoms. The van der Waals surface area contributed by atoms with Crippen LogP contribution in [0.4, 0.5) is 19.4 Å². The van der Waals surface area contributed by atoms with Crippen LogP contribution in [0.3, 0.4) is 0 Å². The first-order valence-corrected chi connectivity index (χ1v) is 30.1. The molecule has 86 heavy (non-hydrogen) atoms. The van der Waals surface area contributed by atoms with E-state index in [1.165, 1.54) is 40.9 Å². The maximum Gasteiger partial charge on any atom is 0.409 e. The maximum absolute atomic E-state index is 17.3. The molecule has 5 fully saturated rings. The summed E-state index contributed by atoms with van der Waals surface area (Å²) in [6.07, 6.45) is 15.9. The molecule has 4 amide bonds. The lowest BCUT2D eigenvalue weighted by atomic mass is 9.85. The molecule has 2 aromatic heterocycles. The number of carbonyl (C=O) groups is 4. The Bertz CT molecular complexity index is 3600. The number of hydrogen-bond acceptors (Lipinski definition) is 14.